The third-order valence-corrected chi connectivity index (χ3v) is 3.18. The fraction of sp³-hybridized carbons (Fsp3) is 0.867. The van der Waals surface area contributed by atoms with Crippen molar-refractivity contribution < 1.29 is 0 Å². The van der Waals surface area contributed by atoms with Crippen molar-refractivity contribution in [1.82, 2.24) is 0 Å². The maximum atomic E-state index is 3.87. The molecular weight excluding hydrogens is 180 g/mol. The van der Waals surface area contributed by atoms with Gasteiger partial charge in [0.2, 0.25) is 0 Å². The van der Waals surface area contributed by atoms with Gasteiger partial charge in [0.25, 0.3) is 0 Å². The van der Waals surface area contributed by atoms with E-state index in [1.165, 1.54) is 64.2 Å². The highest BCUT2D eigenvalue weighted by atomic mass is 14.1. The largest absolute Gasteiger partial charge is 0.103 e. The lowest BCUT2D eigenvalue weighted by Crippen LogP contribution is -1.99. The SMILES string of the molecule is C=CCC(CCCC)CCCCCCC. The second-order valence-electron chi connectivity index (χ2n) is 4.74. The monoisotopic (exact) mass is 210 g/mol. The number of hydrogen-bond acceptors (Lipinski definition) is 0. The van der Waals surface area contributed by atoms with Crippen LogP contribution in [0.1, 0.15) is 78.1 Å². The lowest BCUT2D eigenvalue weighted by atomic mass is 9.92. The molecule has 0 aliphatic rings. The molecule has 0 aromatic heterocycles. The van der Waals surface area contributed by atoms with Crippen molar-refractivity contribution >= 4 is 0 Å². The van der Waals surface area contributed by atoms with Crippen molar-refractivity contribution in [3.05, 3.63) is 12.7 Å². The van der Waals surface area contributed by atoms with Gasteiger partial charge >= 0.3 is 0 Å². The van der Waals surface area contributed by atoms with Gasteiger partial charge in [0.15, 0.2) is 0 Å². The number of rotatable bonds is 11. The van der Waals surface area contributed by atoms with Crippen LogP contribution >= 0.6 is 0 Å². The third kappa shape index (κ3) is 10.0. The molecule has 0 amide bonds. The van der Waals surface area contributed by atoms with Crippen LogP contribution in [0.5, 0.6) is 0 Å². The smallest absolute Gasteiger partial charge is 0.0325 e. The van der Waals surface area contributed by atoms with Gasteiger partial charge in [0.05, 0.1) is 0 Å². The number of hydrogen-bond donors (Lipinski definition) is 0. The van der Waals surface area contributed by atoms with Crippen LogP contribution in [-0.4, -0.2) is 0 Å². The summed E-state index contributed by atoms with van der Waals surface area (Å²) in [6.07, 6.45) is 16.0. The first-order valence-electron chi connectivity index (χ1n) is 6.96. The topological polar surface area (TPSA) is 0 Å². The summed E-state index contributed by atoms with van der Waals surface area (Å²) in [7, 11) is 0. The molecule has 0 saturated carbocycles. The van der Waals surface area contributed by atoms with Crippen LogP contribution in [0.3, 0.4) is 0 Å². The fourth-order valence-corrected chi connectivity index (χ4v) is 2.15. The van der Waals surface area contributed by atoms with Gasteiger partial charge in [-0.15, -0.1) is 6.58 Å². The normalized spacial score (nSPS) is 12.7. The first kappa shape index (κ1) is 14.7. The summed E-state index contributed by atoms with van der Waals surface area (Å²) in [6, 6.07) is 0. The van der Waals surface area contributed by atoms with Gasteiger partial charge in [-0.25, -0.2) is 0 Å². The van der Waals surface area contributed by atoms with Gasteiger partial charge in [0.1, 0.15) is 0 Å². The second-order valence-corrected chi connectivity index (χ2v) is 4.74. The summed E-state index contributed by atoms with van der Waals surface area (Å²) in [6.45, 7) is 8.43. The molecule has 1 unspecified atom stereocenters. The Hall–Kier alpha value is -0.260. The van der Waals surface area contributed by atoms with Crippen LogP contribution in [0.25, 0.3) is 0 Å². The zero-order valence-electron chi connectivity index (χ0n) is 10.9. The van der Waals surface area contributed by atoms with E-state index in [9.17, 15) is 0 Å². The summed E-state index contributed by atoms with van der Waals surface area (Å²) < 4.78 is 0. The molecule has 0 bridgehead atoms. The Morgan fingerprint density at radius 3 is 2.07 bits per heavy atom. The van der Waals surface area contributed by atoms with Gasteiger partial charge < -0.3 is 0 Å². The molecule has 0 N–H and O–H groups in total. The van der Waals surface area contributed by atoms with Crippen LogP contribution in [-0.2, 0) is 0 Å². The molecule has 0 heterocycles. The molecule has 0 aromatic carbocycles. The van der Waals surface area contributed by atoms with E-state index in [0.717, 1.165) is 5.92 Å². The van der Waals surface area contributed by atoms with Crippen molar-refractivity contribution in [1.29, 1.82) is 0 Å². The molecule has 0 nitrogen and oxygen atoms in total. The van der Waals surface area contributed by atoms with Crippen molar-refractivity contribution in [3.63, 3.8) is 0 Å². The highest BCUT2D eigenvalue weighted by Crippen LogP contribution is 2.20. The molecule has 0 aliphatic heterocycles. The summed E-state index contributed by atoms with van der Waals surface area (Å²) >= 11 is 0. The highest BCUT2D eigenvalue weighted by Gasteiger charge is 2.05. The number of allylic oxidation sites excluding steroid dienone is 1. The first-order valence-corrected chi connectivity index (χ1v) is 6.96. The van der Waals surface area contributed by atoms with Crippen molar-refractivity contribution in [2.24, 2.45) is 5.92 Å². The van der Waals surface area contributed by atoms with Crippen LogP contribution in [0, 0.1) is 5.92 Å². The van der Waals surface area contributed by atoms with E-state index >= 15 is 0 Å². The second kappa shape index (κ2) is 11.8. The summed E-state index contributed by atoms with van der Waals surface area (Å²) in [4.78, 5) is 0. The maximum Gasteiger partial charge on any atom is -0.0325 e. The Balaban J connectivity index is 3.42. The molecule has 15 heavy (non-hydrogen) atoms. The molecule has 0 saturated heterocycles. The minimum absolute atomic E-state index is 0.920. The van der Waals surface area contributed by atoms with E-state index in [1.807, 2.05) is 0 Å². The Kier molecular flexibility index (Phi) is 11.6. The van der Waals surface area contributed by atoms with Crippen LogP contribution in [0.15, 0.2) is 12.7 Å². The number of unbranched alkanes of at least 4 members (excludes halogenated alkanes) is 5. The molecule has 0 rings (SSSR count). The molecule has 0 aromatic rings. The van der Waals surface area contributed by atoms with Gasteiger partial charge in [-0.2, -0.15) is 0 Å². The lowest BCUT2D eigenvalue weighted by Gasteiger charge is -2.14. The Labute approximate surface area is 97.2 Å². The Morgan fingerprint density at radius 2 is 1.47 bits per heavy atom. The van der Waals surface area contributed by atoms with Gasteiger partial charge in [-0.1, -0.05) is 77.7 Å². The van der Waals surface area contributed by atoms with Gasteiger partial charge in [-0.3, -0.25) is 0 Å². The molecule has 0 aliphatic carbocycles. The average molecular weight is 210 g/mol. The minimum Gasteiger partial charge on any atom is -0.103 e. The van der Waals surface area contributed by atoms with E-state index in [2.05, 4.69) is 26.5 Å². The van der Waals surface area contributed by atoms with Crippen molar-refractivity contribution in [2.75, 3.05) is 0 Å². The summed E-state index contributed by atoms with van der Waals surface area (Å²) in [5.74, 6) is 0.920. The zero-order chi connectivity index (χ0) is 11.4. The lowest BCUT2D eigenvalue weighted by molar-refractivity contribution is 0.415. The first-order chi connectivity index (χ1) is 7.35. The molecule has 0 radical (unpaired) electrons. The van der Waals surface area contributed by atoms with Gasteiger partial charge in [0, 0.05) is 0 Å². The van der Waals surface area contributed by atoms with E-state index < -0.39 is 0 Å². The van der Waals surface area contributed by atoms with Gasteiger partial charge in [-0.05, 0) is 12.3 Å². The fourth-order valence-electron chi connectivity index (χ4n) is 2.15. The Morgan fingerprint density at radius 1 is 0.867 bits per heavy atom. The molecule has 0 spiro atoms. The van der Waals surface area contributed by atoms with Crippen LogP contribution < -0.4 is 0 Å². The summed E-state index contributed by atoms with van der Waals surface area (Å²) in [5.41, 5.74) is 0. The van der Waals surface area contributed by atoms with Crippen molar-refractivity contribution in [2.45, 2.75) is 78.1 Å². The summed E-state index contributed by atoms with van der Waals surface area (Å²) in [5, 5.41) is 0. The van der Waals surface area contributed by atoms with E-state index in [0.29, 0.717) is 0 Å². The average Bonchev–Trinajstić information content (AvgIpc) is 2.25. The van der Waals surface area contributed by atoms with E-state index in [-0.39, 0.29) is 0 Å². The zero-order valence-corrected chi connectivity index (χ0v) is 10.9. The molecule has 1 atom stereocenters. The maximum absolute atomic E-state index is 3.87. The molecule has 0 heteroatoms. The quantitative estimate of drug-likeness (QED) is 0.302. The highest BCUT2D eigenvalue weighted by molar-refractivity contribution is 4.73. The van der Waals surface area contributed by atoms with Crippen LogP contribution in [0.4, 0.5) is 0 Å². The third-order valence-electron chi connectivity index (χ3n) is 3.18. The minimum atomic E-state index is 0.920. The van der Waals surface area contributed by atoms with E-state index in [1.54, 1.807) is 0 Å². The van der Waals surface area contributed by atoms with Crippen molar-refractivity contribution in [3.8, 4) is 0 Å². The molecule has 0 fully saturated rings. The molecule has 90 valence electrons. The Bertz CT molecular complexity index is 126. The van der Waals surface area contributed by atoms with E-state index in [4.69, 9.17) is 0 Å². The van der Waals surface area contributed by atoms with Crippen LogP contribution in [0.2, 0.25) is 0 Å². The predicted molar refractivity (Wildman–Crippen MR) is 71.2 cm³/mol. The predicted octanol–water partition coefficient (Wildman–Crippen LogP) is 5.73. The molecular formula is C15H30. The standard InChI is InChI=1S/C15H30/c1-4-7-9-10-11-14-15(12-6-3)13-8-5-2/h6,15H,3-5,7-14H2,1-2H3.